The van der Waals surface area contributed by atoms with Crippen molar-refractivity contribution in [2.75, 3.05) is 0 Å². The summed E-state index contributed by atoms with van der Waals surface area (Å²) in [5.41, 5.74) is 0.115. The van der Waals surface area contributed by atoms with Crippen LogP contribution in [0.3, 0.4) is 0 Å². The summed E-state index contributed by atoms with van der Waals surface area (Å²) in [6.45, 7) is 12.9. The van der Waals surface area contributed by atoms with E-state index in [9.17, 15) is 4.79 Å². The molecule has 2 heteroatoms. The van der Waals surface area contributed by atoms with Crippen LogP contribution in [-0.4, -0.2) is 11.6 Å². The first-order chi connectivity index (χ1) is 8.23. The summed E-state index contributed by atoms with van der Waals surface area (Å²) in [6, 6.07) is 0. The molecule has 4 atom stereocenters. The van der Waals surface area contributed by atoms with Gasteiger partial charge in [-0.3, -0.25) is 4.79 Å². The highest BCUT2D eigenvalue weighted by atomic mass is 16.6. The van der Waals surface area contributed by atoms with Crippen LogP contribution >= 0.6 is 0 Å². The predicted octanol–water partition coefficient (Wildman–Crippen LogP) is 4.57. The number of rotatable bonds is 2. The third-order valence-electron chi connectivity index (χ3n) is 5.64. The maximum Gasteiger partial charge on any atom is 0.303 e. The van der Waals surface area contributed by atoms with E-state index in [0.29, 0.717) is 11.3 Å². The van der Waals surface area contributed by atoms with E-state index in [1.54, 1.807) is 0 Å². The molecular weight excluding hydrogens is 224 g/mol. The standard InChI is InChI=1S/C16H30O2/c1-7-15(5)10-11-16(6,18-14(4)17)13(3)9-8-12(15)2/h12-13H,7-11H2,1-6H3/t12-,13-,15+,16-/m1/s1. The van der Waals surface area contributed by atoms with E-state index in [1.165, 1.54) is 19.8 Å². The lowest BCUT2D eigenvalue weighted by Crippen LogP contribution is -2.42. The monoisotopic (exact) mass is 254 g/mol. The van der Waals surface area contributed by atoms with Crippen LogP contribution in [-0.2, 0) is 9.53 Å². The SMILES string of the molecule is CC[C@@]1(C)CC[C@@](C)(OC(C)=O)[C@H](C)CC[C@H]1C. The quantitative estimate of drug-likeness (QED) is 0.675. The first-order valence-corrected chi connectivity index (χ1v) is 7.43. The molecule has 1 aliphatic rings. The van der Waals surface area contributed by atoms with Gasteiger partial charge in [-0.1, -0.05) is 34.1 Å². The van der Waals surface area contributed by atoms with Crippen molar-refractivity contribution in [3.8, 4) is 0 Å². The van der Waals surface area contributed by atoms with E-state index < -0.39 is 0 Å². The van der Waals surface area contributed by atoms with Gasteiger partial charge in [0.15, 0.2) is 0 Å². The molecule has 0 spiro atoms. The van der Waals surface area contributed by atoms with Crippen LogP contribution in [0.1, 0.15) is 73.6 Å². The molecule has 0 aromatic carbocycles. The van der Waals surface area contributed by atoms with E-state index in [1.807, 2.05) is 0 Å². The summed E-state index contributed by atoms with van der Waals surface area (Å²) < 4.78 is 5.66. The van der Waals surface area contributed by atoms with Crippen molar-refractivity contribution in [2.45, 2.75) is 79.2 Å². The highest BCUT2D eigenvalue weighted by Gasteiger charge is 2.41. The maximum absolute atomic E-state index is 11.3. The highest BCUT2D eigenvalue weighted by molar-refractivity contribution is 5.66. The largest absolute Gasteiger partial charge is 0.459 e. The Morgan fingerprint density at radius 1 is 1.17 bits per heavy atom. The number of carbonyl (C=O) groups is 1. The van der Waals surface area contributed by atoms with E-state index >= 15 is 0 Å². The Labute approximate surface area is 112 Å². The average molecular weight is 254 g/mol. The van der Waals surface area contributed by atoms with Gasteiger partial charge >= 0.3 is 5.97 Å². The molecule has 0 radical (unpaired) electrons. The van der Waals surface area contributed by atoms with Crippen LogP contribution in [0.4, 0.5) is 0 Å². The number of esters is 1. The molecule has 0 bridgehead atoms. The van der Waals surface area contributed by atoms with Gasteiger partial charge < -0.3 is 4.74 Å². The first kappa shape index (κ1) is 15.5. The molecule has 0 saturated heterocycles. The Balaban J connectivity index is 2.87. The van der Waals surface area contributed by atoms with Crippen LogP contribution in [0, 0.1) is 17.3 Å². The molecule has 18 heavy (non-hydrogen) atoms. The summed E-state index contributed by atoms with van der Waals surface area (Å²) in [6.07, 6.45) is 5.74. The Bertz CT molecular complexity index is 299. The van der Waals surface area contributed by atoms with E-state index in [4.69, 9.17) is 4.74 Å². The molecule has 1 aliphatic carbocycles. The van der Waals surface area contributed by atoms with Gasteiger partial charge in [-0.2, -0.15) is 0 Å². The normalized spacial score (nSPS) is 41.9. The zero-order valence-electron chi connectivity index (χ0n) is 13.0. The van der Waals surface area contributed by atoms with Gasteiger partial charge in [0.2, 0.25) is 0 Å². The van der Waals surface area contributed by atoms with Crippen LogP contribution in [0.5, 0.6) is 0 Å². The van der Waals surface area contributed by atoms with Gasteiger partial charge in [-0.15, -0.1) is 0 Å². The number of ether oxygens (including phenoxy) is 1. The van der Waals surface area contributed by atoms with Gasteiger partial charge in [0.05, 0.1) is 0 Å². The van der Waals surface area contributed by atoms with Crippen molar-refractivity contribution >= 4 is 5.97 Å². The molecule has 2 nitrogen and oxygen atoms in total. The number of hydrogen-bond donors (Lipinski definition) is 0. The topological polar surface area (TPSA) is 26.3 Å². The molecule has 0 aromatic rings. The molecule has 0 N–H and O–H groups in total. The van der Waals surface area contributed by atoms with Crippen molar-refractivity contribution in [1.82, 2.24) is 0 Å². The molecule has 0 unspecified atom stereocenters. The predicted molar refractivity (Wildman–Crippen MR) is 75.4 cm³/mol. The fourth-order valence-electron chi connectivity index (χ4n) is 3.19. The molecule has 0 heterocycles. The van der Waals surface area contributed by atoms with Gasteiger partial charge in [0.25, 0.3) is 0 Å². The van der Waals surface area contributed by atoms with Gasteiger partial charge in [0, 0.05) is 6.92 Å². The van der Waals surface area contributed by atoms with Crippen molar-refractivity contribution in [3.05, 3.63) is 0 Å². The lowest BCUT2D eigenvalue weighted by atomic mass is 9.65. The second kappa shape index (κ2) is 5.63. The van der Waals surface area contributed by atoms with Gasteiger partial charge in [-0.05, 0) is 49.9 Å². The smallest absolute Gasteiger partial charge is 0.303 e. The van der Waals surface area contributed by atoms with Crippen molar-refractivity contribution < 1.29 is 9.53 Å². The van der Waals surface area contributed by atoms with Crippen LogP contribution in [0.25, 0.3) is 0 Å². The fourth-order valence-corrected chi connectivity index (χ4v) is 3.19. The molecular formula is C16H30O2. The van der Waals surface area contributed by atoms with E-state index in [-0.39, 0.29) is 11.6 Å². The highest BCUT2D eigenvalue weighted by Crippen LogP contribution is 2.45. The lowest BCUT2D eigenvalue weighted by molar-refractivity contribution is -0.164. The second-order valence-corrected chi connectivity index (χ2v) is 6.79. The number of hydrogen-bond acceptors (Lipinski definition) is 2. The van der Waals surface area contributed by atoms with Crippen LogP contribution < -0.4 is 0 Å². The van der Waals surface area contributed by atoms with Crippen molar-refractivity contribution in [2.24, 2.45) is 17.3 Å². The van der Waals surface area contributed by atoms with Gasteiger partial charge in [0.1, 0.15) is 5.60 Å². The molecule has 0 aromatic heterocycles. The molecule has 0 amide bonds. The third kappa shape index (κ3) is 3.27. The first-order valence-electron chi connectivity index (χ1n) is 7.43. The van der Waals surface area contributed by atoms with Crippen LogP contribution in [0.15, 0.2) is 0 Å². The molecule has 0 aliphatic heterocycles. The van der Waals surface area contributed by atoms with E-state index in [0.717, 1.165) is 25.2 Å². The minimum atomic E-state index is -0.275. The zero-order chi connectivity index (χ0) is 14.0. The number of carbonyl (C=O) groups excluding carboxylic acids is 1. The molecule has 1 fully saturated rings. The Kier molecular flexibility index (Phi) is 4.85. The Hall–Kier alpha value is -0.530. The molecule has 1 saturated carbocycles. The summed E-state index contributed by atoms with van der Waals surface area (Å²) in [4.78, 5) is 11.3. The summed E-state index contributed by atoms with van der Waals surface area (Å²) in [5, 5.41) is 0. The summed E-state index contributed by atoms with van der Waals surface area (Å²) in [5.74, 6) is 1.06. The van der Waals surface area contributed by atoms with Crippen LogP contribution in [0.2, 0.25) is 0 Å². The Morgan fingerprint density at radius 3 is 2.22 bits per heavy atom. The second-order valence-electron chi connectivity index (χ2n) is 6.79. The minimum Gasteiger partial charge on any atom is -0.459 e. The lowest BCUT2D eigenvalue weighted by Gasteiger charge is -2.44. The summed E-state index contributed by atoms with van der Waals surface area (Å²) >= 11 is 0. The maximum atomic E-state index is 11.3. The van der Waals surface area contributed by atoms with Crippen molar-refractivity contribution in [3.63, 3.8) is 0 Å². The van der Waals surface area contributed by atoms with Gasteiger partial charge in [-0.25, -0.2) is 0 Å². The third-order valence-corrected chi connectivity index (χ3v) is 5.64. The van der Waals surface area contributed by atoms with Crippen molar-refractivity contribution in [1.29, 1.82) is 0 Å². The Morgan fingerprint density at radius 2 is 1.72 bits per heavy atom. The van der Waals surface area contributed by atoms with E-state index in [2.05, 4.69) is 34.6 Å². The molecule has 1 rings (SSSR count). The minimum absolute atomic E-state index is 0.142. The molecule has 106 valence electrons. The summed E-state index contributed by atoms with van der Waals surface area (Å²) in [7, 11) is 0. The zero-order valence-corrected chi connectivity index (χ0v) is 13.0. The average Bonchev–Trinajstić information content (AvgIpc) is 2.30. The fraction of sp³-hybridized carbons (Fsp3) is 0.938.